The van der Waals surface area contributed by atoms with Gasteiger partial charge < -0.3 is 19.7 Å². The molecule has 7 nitrogen and oxygen atoms in total. The summed E-state index contributed by atoms with van der Waals surface area (Å²) in [4.78, 5) is 12.2. The molecule has 0 saturated carbocycles. The fraction of sp³-hybridized carbons (Fsp3) is 0.429. The van der Waals surface area contributed by atoms with Crippen LogP contribution in [0.3, 0.4) is 0 Å². The lowest BCUT2D eigenvalue weighted by atomic mass is 10.2. The highest BCUT2D eigenvalue weighted by Crippen LogP contribution is 2.13. The van der Waals surface area contributed by atoms with Crippen LogP contribution in [0.5, 0.6) is 0 Å². The zero-order chi connectivity index (χ0) is 15.2. The molecule has 1 unspecified atom stereocenters. The van der Waals surface area contributed by atoms with Crippen molar-refractivity contribution in [2.75, 3.05) is 20.3 Å². The Labute approximate surface area is 123 Å². The number of aliphatic hydroxyl groups is 1. The van der Waals surface area contributed by atoms with Crippen molar-refractivity contribution in [2.45, 2.75) is 12.5 Å². The van der Waals surface area contributed by atoms with Crippen LogP contribution in [-0.2, 0) is 11.8 Å². The van der Waals surface area contributed by atoms with Crippen molar-refractivity contribution in [3.8, 4) is 5.82 Å². The summed E-state index contributed by atoms with van der Waals surface area (Å²) in [6.07, 6.45) is 5.12. The van der Waals surface area contributed by atoms with Gasteiger partial charge in [-0.25, -0.2) is 0 Å². The van der Waals surface area contributed by atoms with Gasteiger partial charge >= 0.3 is 0 Å². The molecule has 0 aromatic carbocycles. The second-order valence-corrected chi connectivity index (χ2v) is 4.75. The molecule has 0 aliphatic heterocycles. The number of rotatable bonds is 7. The summed E-state index contributed by atoms with van der Waals surface area (Å²) in [6, 6.07) is 3.77. The van der Waals surface area contributed by atoms with Crippen LogP contribution in [0, 0.1) is 0 Å². The zero-order valence-electron chi connectivity index (χ0n) is 12.2. The van der Waals surface area contributed by atoms with Crippen LogP contribution in [0.2, 0.25) is 0 Å². The molecule has 0 aliphatic carbocycles. The highest BCUT2D eigenvalue weighted by atomic mass is 16.5. The second-order valence-electron chi connectivity index (χ2n) is 4.75. The number of hydrogen-bond donors (Lipinski definition) is 2. The summed E-state index contributed by atoms with van der Waals surface area (Å²) in [5.41, 5.74) is 0.495. The molecule has 0 radical (unpaired) electrons. The quantitative estimate of drug-likeness (QED) is 0.771. The molecule has 114 valence electrons. The van der Waals surface area contributed by atoms with Crippen molar-refractivity contribution in [3.63, 3.8) is 0 Å². The first-order valence-corrected chi connectivity index (χ1v) is 6.74. The molecule has 2 heterocycles. The number of carbonyl (C=O) groups excluding carboxylic acids is 1. The average Bonchev–Trinajstić information content (AvgIpc) is 3.07. The number of methoxy groups -OCH3 is 1. The van der Waals surface area contributed by atoms with Gasteiger partial charge in [0.25, 0.3) is 5.91 Å². The van der Waals surface area contributed by atoms with E-state index < -0.39 is 6.10 Å². The van der Waals surface area contributed by atoms with Crippen molar-refractivity contribution in [1.82, 2.24) is 19.7 Å². The number of nitrogens with zero attached hydrogens (tertiary/aromatic N) is 3. The molecule has 2 aromatic heterocycles. The summed E-state index contributed by atoms with van der Waals surface area (Å²) in [5.74, 6) is 0.492. The number of nitrogens with one attached hydrogen (secondary N) is 1. The number of hydrogen-bond acceptors (Lipinski definition) is 4. The minimum atomic E-state index is -0.576. The third-order valence-corrected chi connectivity index (χ3v) is 3.12. The van der Waals surface area contributed by atoms with Gasteiger partial charge in [0.05, 0.1) is 18.9 Å². The average molecular weight is 292 g/mol. The standard InChI is InChI=1S/C14H20N4O3/c1-17-14(18-7-3-4-8-18)12(9-16-17)13(20)15-6-5-11(19)10-21-2/h3-4,7-9,11,19H,5-6,10H2,1-2H3,(H,15,20). The van der Waals surface area contributed by atoms with Gasteiger partial charge in [0.2, 0.25) is 0 Å². The highest BCUT2D eigenvalue weighted by molar-refractivity contribution is 5.97. The molecular formula is C14H20N4O3. The van der Waals surface area contributed by atoms with Crippen LogP contribution in [0.25, 0.3) is 5.82 Å². The molecule has 0 spiro atoms. The van der Waals surface area contributed by atoms with E-state index in [1.807, 2.05) is 29.1 Å². The van der Waals surface area contributed by atoms with Gasteiger partial charge in [-0.15, -0.1) is 0 Å². The van der Waals surface area contributed by atoms with Crippen molar-refractivity contribution in [2.24, 2.45) is 7.05 Å². The minimum Gasteiger partial charge on any atom is -0.391 e. The minimum absolute atomic E-state index is 0.212. The van der Waals surface area contributed by atoms with Crippen molar-refractivity contribution < 1.29 is 14.6 Å². The third-order valence-electron chi connectivity index (χ3n) is 3.12. The Hall–Kier alpha value is -2.12. The molecular weight excluding hydrogens is 272 g/mol. The Morgan fingerprint density at radius 2 is 2.19 bits per heavy atom. The molecule has 21 heavy (non-hydrogen) atoms. The van der Waals surface area contributed by atoms with E-state index in [1.165, 1.54) is 13.3 Å². The topological polar surface area (TPSA) is 81.3 Å². The van der Waals surface area contributed by atoms with E-state index in [4.69, 9.17) is 4.74 Å². The van der Waals surface area contributed by atoms with Crippen molar-refractivity contribution in [1.29, 1.82) is 0 Å². The van der Waals surface area contributed by atoms with Gasteiger partial charge in [-0.1, -0.05) is 0 Å². The monoisotopic (exact) mass is 292 g/mol. The Morgan fingerprint density at radius 3 is 2.86 bits per heavy atom. The van der Waals surface area contributed by atoms with Gasteiger partial charge in [-0.3, -0.25) is 9.48 Å². The number of amides is 1. The van der Waals surface area contributed by atoms with Crippen molar-refractivity contribution in [3.05, 3.63) is 36.3 Å². The largest absolute Gasteiger partial charge is 0.391 e. The lowest BCUT2D eigenvalue weighted by Crippen LogP contribution is -2.29. The van der Waals surface area contributed by atoms with Crippen LogP contribution in [-0.4, -0.2) is 51.7 Å². The molecule has 2 rings (SSSR count). The maximum absolute atomic E-state index is 12.2. The molecule has 2 N–H and O–H groups in total. The highest BCUT2D eigenvalue weighted by Gasteiger charge is 2.17. The molecule has 2 aromatic rings. The number of aromatic nitrogens is 3. The first kappa shape index (κ1) is 15.3. The van der Waals surface area contributed by atoms with Crippen LogP contribution in [0.1, 0.15) is 16.8 Å². The summed E-state index contributed by atoms with van der Waals surface area (Å²) in [6.45, 7) is 0.640. The van der Waals surface area contributed by atoms with Crippen LogP contribution >= 0.6 is 0 Å². The van der Waals surface area contributed by atoms with Gasteiger partial charge in [-0.2, -0.15) is 5.10 Å². The van der Waals surface area contributed by atoms with Gasteiger partial charge in [0.15, 0.2) is 0 Å². The summed E-state index contributed by atoms with van der Waals surface area (Å²) in [7, 11) is 3.31. The van der Waals surface area contributed by atoms with Gasteiger partial charge in [-0.05, 0) is 18.6 Å². The summed E-state index contributed by atoms with van der Waals surface area (Å²) < 4.78 is 8.32. The fourth-order valence-corrected chi connectivity index (χ4v) is 2.10. The Morgan fingerprint density at radius 1 is 1.48 bits per heavy atom. The first-order valence-electron chi connectivity index (χ1n) is 6.74. The van der Waals surface area contributed by atoms with E-state index in [2.05, 4.69) is 10.4 Å². The lowest BCUT2D eigenvalue weighted by molar-refractivity contribution is 0.0587. The molecule has 1 atom stereocenters. The molecule has 7 heteroatoms. The summed E-state index contributed by atoms with van der Waals surface area (Å²) in [5, 5.41) is 16.5. The molecule has 0 saturated heterocycles. The van der Waals surface area contributed by atoms with Crippen molar-refractivity contribution >= 4 is 5.91 Å². The number of aryl methyl sites for hydroxylation is 1. The second kappa shape index (κ2) is 7.05. The van der Waals surface area contributed by atoms with Gasteiger partial charge in [0.1, 0.15) is 11.4 Å². The fourth-order valence-electron chi connectivity index (χ4n) is 2.10. The smallest absolute Gasteiger partial charge is 0.256 e. The predicted molar refractivity (Wildman–Crippen MR) is 77.4 cm³/mol. The van der Waals surface area contributed by atoms with E-state index in [0.717, 1.165) is 0 Å². The molecule has 0 bridgehead atoms. The van der Waals surface area contributed by atoms with E-state index in [0.29, 0.717) is 24.3 Å². The Balaban J connectivity index is 2.01. The van der Waals surface area contributed by atoms with Crippen LogP contribution in [0.15, 0.2) is 30.7 Å². The van der Waals surface area contributed by atoms with E-state index >= 15 is 0 Å². The lowest BCUT2D eigenvalue weighted by Gasteiger charge is -2.11. The molecule has 1 amide bonds. The van der Waals surface area contributed by atoms with E-state index in [-0.39, 0.29) is 12.5 Å². The maximum Gasteiger partial charge on any atom is 0.256 e. The third kappa shape index (κ3) is 3.71. The van der Waals surface area contributed by atoms with Crippen LogP contribution < -0.4 is 5.32 Å². The molecule has 0 aliphatic rings. The van der Waals surface area contributed by atoms with Crippen LogP contribution in [0.4, 0.5) is 0 Å². The normalized spacial score (nSPS) is 12.3. The first-order chi connectivity index (χ1) is 10.1. The number of aliphatic hydroxyl groups excluding tert-OH is 1. The number of carbonyl (C=O) groups is 1. The SMILES string of the molecule is COCC(O)CCNC(=O)c1cnn(C)c1-n1cccc1. The van der Waals surface area contributed by atoms with E-state index in [1.54, 1.807) is 11.7 Å². The summed E-state index contributed by atoms with van der Waals surface area (Å²) >= 11 is 0. The van der Waals surface area contributed by atoms with Gasteiger partial charge in [0, 0.05) is 33.1 Å². The maximum atomic E-state index is 12.2. The zero-order valence-corrected chi connectivity index (χ0v) is 12.2. The van der Waals surface area contributed by atoms with E-state index in [9.17, 15) is 9.90 Å². The Kier molecular flexibility index (Phi) is 5.13. The molecule has 0 fully saturated rings. The Bertz CT molecular complexity index is 577. The predicted octanol–water partition coefficient (Wildman–Crippen LogP) is 0.338. The number of ether oxygens (including phenoxy) is 1.